The molecule has 0 aliphatic carbocycles. The van der Waals surface area contributed by atoms with Crippen molar-refractivity contribution in [3.05, 3.63) is 101 Å². The number of fused-ring (bicyclic) bond motifs is 1. The molecule has 1 aliphatic rings. The van der Waals surface area contributed by atoms with Crippen LogP contribution in [-0.2, 0) is 4.79 Å². The van der Waals surface area contributed by atoms with Gasteiger partial charge < -0.3 is 18.9 Å². The van der Waals surface area contributed by atoms with Crippen molar-refractivity contribution < 1.29 is 23.7 Å². The molecule has 1 atom stereocenters. The number of benzene rings is 4. The lowest BCUT2D eigenvalue weighted by atomic mass is 9.95. The molecule has 0 bridgehead atoms. The average Bonchev–Trinajstić information content (AvgIpc) is 3.70. The van der Waals surface area contributed by atoms with E-state index in [0.29, 0.717) is 31.1 Å². The number of hydrazone groups is 1. The van der Waals surface area contributed by atoms with Crippen LogP contribution in [0.25, 0.3) is 20.8 Å². The summed E-state index contributed by atoms with van der Waals surface area (Å²) in [7, 11) is 3.27. The number of rotatable bonds is 10. The van der Waals surface area contributed by atoms with Gasteiger partial charge in [-0.15, -0.1) is 11.3 Å². The molecule has 1 aliphatic heterocycles. The van der Waals surface area contributed by atoms with E-state index < -0.39 is 0 Å². The van der Waals surface area contributed by atoms with Crippen LogP contribution >= 0.6 is 11.3 Å². The van der Waals surface area contributed by atoms with E-state index in [2.05, 4.69) is 12.1 Å². The molecule has 4 aromatic carbocycles. The number of thiazole rings is 1. The van der Waals surface area contributed by atoms with E-state index in [9.17, 15) is 4.79 Å². The number of hydrogen-bond acceptors (Lipinski definition) is 8. The molecule has 2 heterocycles. The van der Waals surface area contributed by atoms with Gasteiger partial charge in [0.15, 0.2) is 11.5 Å². The number of para-hydroxylation sites is 1. The fourth-order valence-electron chi connectivity index (χ4n) is 5.45. The van der Waals surface area contributed by atoms with Gasteiger partial charge in [0.25, 0.3) is 0 Å². The molecule has 0 radical (unpaired) electrons. The summed E-state index contributed by atoms with van der Waals surface area (Å²) in [5.74, 6) is 2.60. The van der Waals surface area contributed by atoms with Gasteiger partial charge in [-0.1, -0.05) is 18.2 Å². The van der Waals surface area contributed by atoms with E-state index in [1.165, 1.54) is 11.6 Å². The van der Waals surface area contributed by atoms with Crippen molar-refractivity contribution in [3.8, 4) is 33.6 Å². The summed E-state index contributed by atoms with van der Waals surface area (Å²) < 4.78 is 24.4. The zero-order valence-corrected chi connectivity index (χ0v) is 26.8. The molecule has 45 heavy (non-hydrogen) atoms. The molecule has 9 heteroatoms. The van der Waals surface area contributed by atoms with Crippen molar-refractivity contribution >= 4 is 33.2 Å². The summed E-state index contributed by atoms with van der Waals surface area (Å²) >= 11 is 1.67. The van der Waals surface area contributed by atoms with Gasteiger partial charge in [-0.3, -0.25) is 4.79 Å². The molecule has 8 nitrogen and oxygen atoms in total. The van der Waals surface area contributed by atoms with Crippen molar-refractivity contribution in [1.82, 2.24) is 9.99 Å². The lowest BCUT2D eigenvalue weighted by Gasteiger charge is -2.22. The second kappa shape index (κ2) is 13.0. The van der Waals surface area contributed by atoms with Crippen LogP contribution in [0.15, 0.2) is 84.0 Å². The Morgan fingerprint density at radius 2 is 1.62 bits per heavy atom. The van der Waals surface area contributed by atoms with Crippen LogP contribution < -0.4 is 18.9 Å². The van der Waals surface area contributed by atoms with Crippen LogP contribution in [-0.4, -0.2) is 49.0 Å². The van der Waals surface area contributed by atoms with Gasteiger partial charge in [0, 0.05) is 24.5 Å². The number of aromatic nitrogens is 1. The van der Waals surface area contributed by atoms with E-state index in [-0.39, 0.29) is 11.9 Å². The summed E-state index contributed by atoms with van der Waals surface area (Å²) in [4.78, 5) is 17.4. The molecule has 0 saturated heterocycles. The zero-order chi connectivity index (χ0) is 31.5. The number of carbonyl (C=O) groups is 1. The van der Waals surface area contributed by atoms with Gasteiger partial charge in [-0.25, -0.2) is 9.99 Å². The lowest BCUT2D eigenvalue weighted by Crippen LogP contribution is -2.24. The van der Waals surface area contributed by atoms with Crippen LogP contribution in [0.4, 0.5) is 0 Å². The molecule has 1 amide bonds. The van der Waals surface area contributed by atoms with Crippen molar-refractivity contribution in [3.63, 3.8) is 0 Å². The highest BCUT2D eigenvalue weighted by atomic mass is 32.1. The Kier molecular flexibility index (Phi) is 8.71. The Morgan fingerprint density at radius 1 is 0.867 bits per heavy atom. The summed E-state index contributed by atoms with van der Waals surface area (Å²) in [6, 6.07) is 25.6. The Labute approximate surface area is 266 Å². The molecule has 5 aromatic rings. The van der Waals surface area contributed by atoms with Crippen LogP contribution in [0.2, 0.25) is 0 Å². The third-order valence-corrected chi connectivity index (χ3v) is 9.07. The molecule has 0 spiro atoms. The Balaban J connectivity index is 1.12. The van der Waals surface area contributed by atoms with Gasteiger partial charge in [0.2, 0.25) is 5.91 Å². The third-order valence-electron chi connectivity index (χ3n) is 7.98. The number of aryl methyl sites for hydroxylation is 1. The van der Waals surface area contributed by atoms with Gasteiger partial charge in [-0.2, -0.15) is 5.10 Å². The fourth-order valence-corrected chi connectivity index (χ4v) is 6.43. The molecule has 0 saturated carbocycles. The fraction of sp³-hybridized carbons (Fsp3) is 0.250. The first kappa shape index (κ1) is 30.1. The average molecular weight is 622 g/mol. The third kappa shape index (κ3) is 6.35. The predicted octanol–water partition coefficient (Wildman–Crippen LogP) is 7.75. The molecular weight excluding hydrogens is 586 g/mol. The second-order valence-corrected chi connectivity index (χ2v) is 11.9. The molecule has 0 fully saturated rings. The van der Waals surface area contributed by atoms with E-state index in [4.69, 9.17) is 29.0 Å². The van der Waals surface area contributed by atoms with Crippen molar-refractivity contribution in [2.24, 2.45) is 5.10 Å². The quantitative estimate of drug-likeness (QED) is 0.148. The van der Waals surface area contributed by atoms with Crippen LogP contribution in [0.5, 0.6) is 23.0 Å². The maximum atomic E-state index is 12.7. The number of nitrogens with zero attached hydrogens (tertiary/aromatic N) is 3. The number of methoxy groups -OCH3 is 2. The number of carbonyl (C=O) groups excluding carboxylic acids is 1. The molecule has 0 N–H and O–H groups in total. The summed E-state index contributed by atoms with van der Waals surface area (Å²) in [6.07, 6.45) is 0.563. The van der Waals surface area contributed by atoms with Crippen LogP contribution in [0, 0.1) is 13.8 Å². The normalized spacial score (nSPS) is 14.4. The highest BCUT2D eigenvalue weighted by molar-refractivity contribution is 7.21. The Bertz CT molecular complexity index is 1850. The minimum Gasteiger partial charge on any atom is -0.496 e. The molecular formula is C36H35N3O5S. The number of hydrogen-bond donors (Lipinski definition) is 0. The summed E-state index contributed by atoms with van der Waals surface area (Å²) in [5.41, 5.74) is 6.93. The van der Waals surface area contributed by atoms with E-state index in [1.54, 1.807) is 30.6 Å². The molecule has 1 aromatic heterocycles. The monoisotopic (exact) mass is 621 g/mol. The first-order valence-electron chi connectivity index (χ1n) is 14.8. The van der Waals surface area contributed by atoms with E-state index >= 15 is 0 Å². The Morgan fingerprint density at radius 3 is 2.36 bits per heavy atom. The van der Waals surface area contributed by atoms with Crippen LogP contribution in [0.3, 0.4) is 0 Å². The molecule has 1 unspecified atom stereocenters. The largest absolute Gasteiger partial charge is 0.496 e. The number of ether oxygens (including phenoxy) is 4. The van der Waals surface area contributed by atoms with Crippen molar-refractivity contribution in [1.29, 1.82) is 0 Å². The maximum absolute atomic E-state index is 12.7. The summed E-state index contributed by atoms with van der Waals surface area (Å²) in [6.45, 7) is 6.27. The number of amides is 1. The molecule has 230 valence electrons. The first-order chi connectivity index (χ1) is 21.8. The standard InChI is InChI=1S/C36H35N3O5S/c1-22-18-27(20-33(42-5)23(22)2)30-21-31(39(38-30)24(3)40)26-12-15-32(41-4)34(19-26)44-17-16-43-28-13-10-25(11-14-28)36-37-29-8-6-7-9-35(29)45-36/h6-15,18-20,31H,16-17,21H2,1-5H3. The maximum Gasteiger partial charge on any atom is 0.240 e. The first-order valence-corrected chi connectivity index (χ1v) is 15.6. The SMILES string of the molecule is COc1ccc(C2CC(c3cc(C)c(C)c(OC)c3)=NN2C(C)=O)cc1OCCOc1ccc(-c2nc3ccccc3s2)cc1. The highest BCUT2D eigenvalue weighted by Gasteiger charge is 2.32. The van der Waals surface area contributed by atoms with Gasteiger partial charge in [0.1, 0.15) is 29.7 Å². The minimum absolute atomic E-state index is 0.133. The predicted molar refractivity (Wildman–Crippen MR) is 178 cm³/mol. The lowest BCUT2D eigenvalue weighted by molar-refractivity contribution is -0.130. The van der Waals surface area contributed by atoms with Gasteiger partial charge in [0.05, 0.1) is 36.2 Å². The van der Waals surface area contributed by atoms with Gasteiger partial charge in [-0.05, 0) is 91.2 Å². The van der Waals surface area contributed by atoms with E-state index in [1.807, 2.05) is 80.6 Å². The van der Waals surface area contributed by atoms with E-state index in [0.717, 1.165) is 55.6 Å². The van der Waals surface area contributed by atoms with Crippen LogP contribution in [0.1, 0.15) is 41.6 Å². The summed E-state index contributed by atoms with van der Waals surface area (Å²) in [5, 5.41) is 7.26. The smallest absolute Gasteiger partial charge is 0.240 e. The minimum atomic E-state index is -0.274. The highest BCUT2D eigenvalue weighted by Crippen LogP contribution is 2.38. The second-order valence-electron chi connectivity index (χ2n) is 10.9. The van der Waals surface area contributed by atoms with Gasteiger partial charge >= 0.3 is 0 Å². The van der Waals surface area contributed by atoms with Crippen molar-refractivity contribution in [2.75, 3.05) is 27.4 Å². The molecule has 6 rings (SSSR count). The Hall–Kier alpha value is -4.89. The topological polar surface area (TPSA) is 82.5 Å². The van der Waals surface area contributed by atoms with Crippen molar-refractivity contribution in [2.45, 2.75) is 33.2 Å². The zero-order valence-electron chi connectivity index (χ0n) is 26.0.